The molecule has 1 rings (SSSR count). The first kappa shape index (κ1) is 12.3. The van der Waals surface area contributed by atoms with E-state index in [-0.39, 0.29) is 0 Å². The van der Waals surface area contributed by atoms with E-state index in [1.54, 1.807) is 0 Å². The fourth-order valence-electron chi connectivity index (χ4n) is 3.44. The summed E-state index contributed by atoms with van der Waals surface area (Å²) in [5.74, 6) is 4.11. The number of rotatable bonds is 4. The molecule has 0 aromatic rings. The molecule has 0 aromatic carbocycles. The summed E-state index contributed by atoms with van der Waals surface area (Å²) in [5, 5.41) is 0. The van der Waals surface area contributed by atoms with Crippen molar-refractivity contribution in [2.75, 3.05) is 0 Å². The Morgan fingerprint density at radius 1 is 1.00 bits per heavy atom. The fraction of sp³-hybridized carbons (Fsp3) is 1.00. The highest BCUT2D eigenvalue weighted by Crippen LogP contribution is 2.48. The van der Waals surface area contributed by atoms with Gasteiger partial charge in [0.1, 0.15) is 0 Å². The minimum Gasteiger partial charge on any atom is -0.0651 e. The van der Waals surface area contributed by atoms with Crippen LogP contribution < -0.4 is 0 Å². The molecule has 0 spiro atoms. The Labute approximate surface area is 93.3 Å². The number of hydrogen-bond donors (Lipinski definition) is 0. The summed E-state index contributed by atoms with van der Waals surface area (Å²) in [5.41, 5.74) is 1.11. The van der Waals surface area contributed by atoms with E-state index >= 15 is 0 Å². The summed E-state index contributed by atoms with van der Waals surface area (Å²) < 4.78 is 0. The molecule has 4 atom stereocenters. The first-order valence-corrected chi connectivity index (χ1v) is 7.77. The van der Waals surface area contributed by atoms with Crippen LogP contribution in [0.1, 0.15) is 53.4 Å². The second-order valence-electron chi connectivity index (χ2n) is 5.54. The summed E-state index contributed by atoms with van der Waals surface area (Å²) in [7, 11) is 1.42. The zero-order chi connectivity index (χ0) is 10.7. The van der Waals surface area contributed by atoms with Crippen LogP contribution in [0.25, 0.3) is 0 Å². The maximum atomic E-state index is 2.47. The Morgan fingerprint density at radius 3 is 1.64 bits per heavy atom. The molecule has 0 N–H and O–H groups in total. The van der Waals surface area contributed by atoms with E-state index in [4.69, 9.17) is 0 Å². The molecule has 1 aliphatic rings. The molecule has 0 aliphatic heterocycles. The maximum Gasteiger partial charge on any atom is 0.00746 e. The first-order chi connectivity index (χ1) is 6.61. The lowest BCUT2D eigenvalue weighted by atomic mass is 9.85. The lowest BCUT2D eigenvalue weighted by Crippen LogP contribution is -2.19. The predicted octanol–water partition coefficient (Wildman–Crippen LogP) is 3.26. The molecule has 1 aliphatic carbocycles. The first-order valence-electron chi connectivity index (χ1n) is 6.61. The van der Waals surface area contributed by atoms with Crippen LogP contribution in [0.3, 0.4) is 0 Å². The van der Waals surface area contributed by atoms with Crippen LogP contribution in [0.4, 0.5) is 0 Å². The SMILES string of the molecule is CCC(C)C1CCC(C(C)CC)C1[SiH3]. The summed E-state index contributed by atoms with van der Waals surface area (Å²) in [4.78, 5) is 0. The third-order valence-corrected chi connectivity index (χ3v) is 6.65. The molecule has 0 bridgehead atoms. The highest BCUT2D eigenvalue weighted by molar-refractivity contribution is 6.12. The molecular formula is C13H28Si. The minimum atomic E-state index is 0.978. The molecule has 1 saturated carbocycles. The van der Waals surface area contributed by atoms with E-state index in [2.05, 4.69) is 27.7 Å². The average Bonchev–Trinajstić information content (AvgIpc) is 2.58. The predicted molar refractivity (Wildman–Crippen MR) is 68.8 cm³/mol. The Bertz CT molecular complexity index is 149. The smallest absolute Gasteiger partial charge is 0.00746 e. The molecule has 0 amide bonds. The molecule has 0 nitrogen and oxygen atoms in total. The van der Waals surface area contributed by atoms with Gasteiger partial charge in [0.05, 0.1) is 0 Å². The maximum absolute atomic E-state index is 2.47. The molecule has 84 valence electrons. The Hall–Kier alpha value is 0.217. The molecule has 0 aromatic heterocycles. The molecule has 1 fully saturated rings. The van der Waals surface area contributed by atoms with Crippen molar-refractivity contribution in [3.63, 3.8) is 0 Å². The lowest BCUT2D eigenvalue weighted by molar-refractivity contribution is 0.306. The van der Waals surface area contributed by atoms with Crippen molar-refractivity contribution in [2.24, 2.45) is 23.7 Å². The molecule has 0 heterocycles. The quantitative estimate of drug-likeness (QED) is 0.628. The van der Waals surface area contributed by atoms with Gasteiger partial charge in [-0.05, 0) is 42.1 Å². The normalized spacial score (nSPS) is 37.3. The van der Waals surface area contributed by atoms with Crippen LogP contribution in [0.2, 0.25) is 5.54 Å². The highest BCUT2D eigenvalue weighted by Gasteiger charge is 2.36. The summed E-state index contributed by atoms with van der Waals surface area (Å²) in [6, 6.07) is 0. The van der Waals surface area contributed by atoms with Gasteiger partial charge < -0.3 is 0 Å². The second-order valence-corrected chi connectivity index (χ2v) is 6.87. The molecular weight excluding hydrogens is 184 g/mol. The van der Waals surface area contributed by atoms with Gasteiger partial charge in [-0.25, -0.2) is 0 Å². The average molecular weight is 212 g/mol. The zero-order valence-corrected chi connectivity index (χ0v) is 12.7. The molecule has 4 unspecified atom stereocenters. The van der Waals surface area contributed by atoms with Gasteiger partial charge in [-0.1, -0.05) is 40.5 Å². The number of hydrogen-bond acceptors (Lipinski definition) is 0. The van der Waals surface area contributed by atoms with Crippen LogP contribution in [0.15, 0.2) is 0 Å². The van der Waals surface area contributed by atoms with Crippen molar-refractivity contribution in [1.82, 2.24) is 0 Å². The van der Waals surface area contributed by atoms with Crippen LogP contribution in [0, 0.1) is 23.7 Å². The summed E-state index contributed by atoms with van der Waals surface area (Å²) >= 11 is 0. The standard InChI is InChI=1S/C13H28Si/c1-5-9(3)11-7-8-12(13(11)14)10(4)6-2/h9-13H,5-8H2,1-4,14H3. The van der Waals surface area contributed by atoms with Crippen molar-refractivity contribution < 1.29 is 0 Å². The molecule has 14 heavy (non-hydrogen) atoms. The van der Waals surface area contributed by atoms with E-state index in [1.807, 2.05) is 0 Å². The highest BCUT2D eigenvalue weighted by atomic mass is 28.1. The van der Waals surface area contributed by atoms with E-state index in [0.29, 0.717) is 0 Å². The monoisotopic (exact) mass is 212 g/mol. The van der Waals surface area contributed by atoms with Crippen molar-refractivity contribution in [1.29, 1.82) is 0 Å². The Morgan fingerprint density at radius 2 is 1.36 bits per heavy atom. The molecule has 1 heteroatoms. The van der Waals surface area contributed by atoms with Gasteiger partial charge in [-0.3, -0.25) is 0 Å². The second kappa shape index (κ2) is 5.34. The van der Waals surface area contributed by atoms with Crippen LogP contribution in [0.5, 0.6) is 0 Å². The third-order valence-electron chi connectivity index (χ3n) is 4.93. The van der Waals surface area contributed by atoms with Crippen LogP contribution in [-0.2, 0) is 0 Å². The van der Waals surface area contributed by atoms with Gasteiger partial charge in [-0.15, -0.1) is 0 Å². The topological polar surface area (TPSA) is 0 Å². The van der Waals surface area contributed by atoms with Gasteiger partial charge >= 0.3 is 0 Å². The minimum absolute atomic E-state index is 0.978. The van der Waals surface area contributed by atoms with Gasteiger partial charge in [0.2, 0.25) is 0 Å². The van der Waals surface area contributed by atoms with E-state index in [9.17, 15) is 0 Å². The van der Waals surface area contributed by atoms with E-state index in [1.165, 1.54) is 35.9 Å². The summed E-state index contributed by atoms with van der Waals surface area (Å²) in [6.45, 7) is 9.65. The molecule has 0 saturated heterocycles. The summed E-state index contributed by atoms with van der Waals surface area (Å²) in [6.07, 6.45) is 5.82. The Balaban J connectivity index is 2.54. The van der Waals surface area contributed by atoms with Crippen LogP contribution >= 0.6 is 0 Å². The van der Waals surface area contributed by atoms with Crippen molar-refractivity contribution in [2.45, 2.75) is 58.9 Å². The van der Waals surface area contributed by atoms with Gasteiger partial charge in [-0.2, -0.15) is 0 Å². The van der Waals surface area contributed by atoms with E-state index in [0.717, 1.165) is 29.2 Å². The third kappa shape index (κ3) is 2.42. The molecule has 0 radical (unpaired) electrons. The van der Waals surface area contributed by atoms with E-state index < -0.39 is 0 Å². The van der Waals surface area contributed by atoms with Gasteiger partial charge in [0.15, 0.2) is 0 Å². The van der Waals surface area contributed by atoms with Crippen molar-refractivity contribution >= 4 is 10.2 Å². The van der Waals surface area contributed by atoms with Gasteiger partial charge in [0, 0.05) is 10.2 Å². The van der Waals surface area contributed by atoms with Crippen molar-refractivity contribution in [3.05, 3.63) is 0 Å². The zero-order valence-electron chi connectivity index (χ0n) is 10.7. The van der Waals surface area contributed by atoms with Crippen molar-refractivity contribution in [3.8, 4) is 0 Å². The van der Waals surface area contributed by atoms with Crippen LogP contribution in [-0.4, -0.2) is 10.2 Å². The van der Waals surface area contributed by atoms with Gasteiger partial charge in [0.25, 0.3) is 0 Å². The lowest BCUT2D eigenvalue weighted by Gasteiger charge is -2.28. The Kier molecular flexibility index (Phi) is 4.69. The fourth-order valence-corrected chi connectivity index (χ4v) is 5.42. The largest absolute Gasteiger partial charge is 0.0651 e.